The molecule has 1 N–H and O–H groups in total. The van der Waals surface area contributed by atoms with Crippen LogP contribution in [0.15, 0.2) is 23.6 Å². The largest absolute Gasteiger partial charge is 0.509 e. The zero-order valence-electron chi connectivity index (χ0n) is 23.5. The molecular formula is C30H39F3O7. The van der Waals surface area contributed by atoms with E-state index in [2.05, 4.69) is 0 Å². The van der Waals surface area contributed by atoms with Crippen molar-refractivity contribution < 1.29 is 46.9 Å². The Morgan fingerprint density at radius 2 is 1.88 bits per heavy atom. The van der Waals surface area contributed by atoms with Crippen molar-refractivity contribution in [3.05, 3.63) is 23.6 Å². The van der Waals surface area contributed by atoms with Gasteiger partial charge in [0.15, 0.2) is 11.5 Å². The molecule has 7 nitrogen and oxygen atoms in total. The number of fused-ring (bicyclic) bond motifs is 5. The molecule has 222 valence electrons. The second kappa shape index (κ2) is 9.88. The first-order valence-corrected chi connectivity index (χ1v) is 14.4. The van der Waals surface area contributed by atoms with Crippen LogP contribution in [0.3, 0.4) is 0 Å². The Morgan fingerprint density at radius 1 is 1.20 bits per heavy atom. The van der Waals surface area contributed by atoms with E-state index < -0.39 is 76.9 Å². The zero-order chi connectivity index (χ0) is 29.3. The van der Waals surface area contributed by atoms with Gasteiger partial charge in [0.25, 0.3) is 0 Å². The maximum Gasteiger partial charge on any atom is 0.509 e. The summed E-state index contributed by atoms with van der Waals surface area (Å²) in [6, 6.07) is 0. The minimum Gasteiger partial charge on any atom is -0.431 e. The molecule has 40 heavy (non-hydrogen) atoms. The van der Waals surface area contributed by atoms with Gasteiger partial charge in [-0.25, -0.2) is 22.8 Å². The number of hydrogen-bond acceptors (Lipinski definition) is 7. The molecular weight excluding hydrogens is 529 g/mol. The minimum atomic E-state index is -2.36. The van der Waals surface area contributed by atoms with E-state index in [1.807, 2.05) is 0 Å². The van der Waals surface area contributed by atoms with Gasteiger partial charge in [-0.05, 0) is 63.0 Å². The molecule has 5 aliphatic carbocycles. The van der Waals surface area contributed by atoms with Gasteiger partial charge in [-0.1, -0.05) is 32.8 Å². The highest BCUT2D eigenvalue weighted by atomic mass is 19.1. The first-order chi connectivity index (χ1) is 18.8. The molecule has 0 aliphatic heterocycles. The van der Waals surface area contributed by atoms with Crippen molar-refractivity contribution in [1.29, 1.82) is 0 Å². The van der Waals surface area contributed by atoms with Crippen molar-refractivity contribution in [3.8, 4) is 0 Å². The number of halogens is 3. The first-order valence-electron chi connectivity index (χ1n) is 14.4. The monoisotopic (exact) mass is 568 g/mol. The van der Waals surface area contributed by atoms with Crippen molar-refractivity contribution >= 4 is 17.9 Å². The summed E-state index contributed by atoms with van der Waals surface area (Å²) in [6.07, 6.45) is 2.23. The number of ketones is 1. The summed E-state index contributed by atoms with van der Waals surface area (Å²) in [6.45, 7) is 5.00. The van der Waals surface area contributed by atoms with E-state index in [-0.39, 0.29) is 43.0 Å². The van der Waals surface area contributed by atoms with E-state index in [1.165, 1.54) is 19.1 Å². The number of ether oxygens (including phenoxy) is 3. The van der Waals surface area contributed by atoms with Gasteiger partial charge < -0.3 is 19.3 Å². The molecule has 5 rings (SSSR count). The van der Waals surface area contributed by atoms with Gasteiger partial charge in [0.2, 0.25) is 12.5 Å². The number of alkyl halides is 2. The SMILES string of the molecule is CC(OC(=O)O[C@]1(C(=O)OCF)[C@H](C)C[C@H]2[C@@H]3CC(F)=C4CC(=O)C=C[C@]4(C)[C@@]3(F)[C@@H](O)C[C@@]21C)C1CCCC1. The number of rotatable bonds is 5. The van der Waals surface area contributed by atoms with Crippen molar-refractivity contribution in [2.24, 2.45) is 34.5 Å². The molecule has 0 saturated heterocycles. The summed E-state index contributed by atoms with van der Waals surface area (Å²) < 4.78 is 62.8. The van der Waals surface area contributed by atoms with Gasteiger partial charge in [-0.2, -0.15) is 0 Å². The summed E-state index contributed by atoms with van der Waals surface area (Å²) in [7, 11) is 0. The number of carbonyl (C=O) groups excluding carboxylic acids is 3. The fourth-order valence-corrected chi connectivity index (χ4v) is 9.18. The fraction of sp³-hybridized carbons (Fsp3) is 0.767. The molecule has 3 saturated carbocycles. The molecule has 0 aromatic carbocycles. The molecule has 10 heteroatoms. The molecule has 0 bridgehead atoms. The van der Waals surface area contributed by atoms with Crippen LogP contribution in [-0.4, -0.2) is 53.4 Å². The van der Waals surface area contributed by atoms with Crippen molar-refractivity contribution in [2.75, 3.05) is 6.86 Å². The zero-order valence-corrected chi connectivity index (χ0v) is 23.5. The van der Waals surface area contributed by atoms with E-state index in [0.717, 1.165) is 25.7 Å². The lowest BCUT2D eigenvalue weighted by Gasteiger charge is -2.62. The van der Waals surface area contributed by atoms with Crippen LogP contribution in [-0.2, 0) is 23.8 Å². The highest BCUT2D eigenvalue weighted by molar-refractivity contribution is 5.93. The highest BCUT2D eigenvalue weighted by Gasteiger charge is 2.78. The lowest BCUT2D eigenvalue weighted by atomic mass is 9.45. The van der Waals surface area contributed by atoms with Crippen molar-refractivity contribution in [2.45, 2.75) is 103 Å². The average molecular weight is 569 g/mol. The van der Waals surface area contributed by atoms with Crippen molar-refractivity contribution in [3.63, 3.8) is 0 Å². The topological polar surface area (TPSA) is 99.1 Å². The third kappa shape index (κ3) is 3.83. The molecule has 0 aromatic heterocycles. The summed E-state index contributed by atoms with van der Waals surface area (Å²) in [5.74, 6) is -4.60. The molecule has 9 atom stereocenters. The van der Waals surface area contributed by atoms with Gasteiger partial charge in [-0.3, -0.25) is 4.79 Å². The van der Waals surface area contributed by atoms with Crippen molar-refractivity contribution in [1.82, 2.24) is 0 Å². The summed E-state index contributed by atoms with van der Waals surface area (Å²) in [5.41, 5.74) is -7.46. The van der Waals surface area contributed by atoms with Crippen LogP contribution >= 0.6 is 0 Å². The first kappa shape index (κ1) is 29.1. The van der Waals surface area contributed by atoms with Gasteiger partial charge in [0.1, 0.15) is 11.9 Å². The van der Waals surface area contributed by atoms with Gasteiger partial charge in [-0.15, -0.1) is 0 Å². The van der Waals surface area contributed by atoms with E-state index in [9.17, 15) is 23.9 Å². The number of allylic oxidation sites excluding steroid dienone is 4. The quantitative estimate of drug-likeness (QED) is 0.416. The molecule has 5 aliphatic rings. The van der Waals surface area contributed by atoms with Crippen LogP contribution in [0.5, 0.6) is 0 Å². The molecule has 0 spiro atoms. The van der Waals surface area contributed by atoms with Gasteiger partial charge >= 0.3 is 12.1 Å². The third-order valence-electron chi connectivity index (χ3n) is 11.3. The highest BCUT2D eigenvalue weighted by Crippen LogP contribution is 2.71. The number of hydrogen-bond donors (Lipinski definition) is 1. The fourth-order valence-electron chi connectivity index (χ4n) is 9.18. The van der Waals surface area contributed by atoms with Crippen LogP contribution in [0.4, 0.5) is 18.0 Å². The molecule has 0 amide bonds. The second-order valence-corrected chi connectivity index (χ2v) is 13.0. The standard InChI is InChI=1S/C30H39F3O7/c1-16-11-20-21-13-23(32)22-12-19(34)9-10-27(22,3)29(21,33)24(35)14-28(20,4)30(16,25(36)38-15-31)40-26(37)39-17(2)18-7-5-6-8-18/h9-10,16-18,20-21,24,35H,5-8,11-15H2,1-4H3/t16-,17?,20+,21+,24+,27+,28+,29+,30+/m1/s1. The maximum absolute atomic E-state index is 17.5. The van der Waals surface area contributed by atoms with Crippen LogP contribution in [0.1, 0.15) is 79.1 Å². The van der Waals surface area contributed by atoms with Crippen LogP contribution in [0, 0.1) is 34.5 Å². The summed E-state index contributed by atoms with van der Waals surface area (Å²) >= 11 is 0. The number of aliphatic hydroxyl groups excluding tert-OH is 1. The molecule has 1 unspecified atom stereocenters. The Hall–Kier alpha value is -2.36. The minimum absolute atomic E-state index is 0.0243. The number of esters is 1. The van der Waals surface area contributed by atoms with E-state index in [0.29, 0.717) is 0 Å². The molecule has 3 fully saturated rings. The van der Waals surface area contributed by atoms with E-state index in [1.54, 1.807) is 20.8 Å². The Balaban J connectivity index is 1.55. The lowest BCUT2D eigenvalue weighted by molar-refractivity contribution is -0.231. The Kier molecular flexibility index (Phi) is 7.20. The lowest BCUT2D eigenvalue weighted by Crippen LogP contribution is -2.70. The smallest absolute Gasteiger partial charge is 0.431 e. The average Bonchev–Trinajstić information content (AvgIpc) is 3.50. The Morgan fingerprint density at radius 3 is 2.52 bits per heavy atom. The Labute approximate surface area is 232 Å². The summed E-state index contributed by atoms with van der Waals surface area (Å²) in [5, 5.41) is 11.5. The maximum atomic E-state index is 17.5. The van der Waals surface area contributed by atoms with Gasteiger partial charge in [0, 0.05) is 35.5 Å². The third-order valence-corrected chi connectivity index (χ3v) is 11.3. The van der Waals surface area contributed by atoms with E-state index in [4.69, 9.17) is 14.2 Å². The van der Waals surface area contributed by atoms with Crippen LogP contribution in [0.25, 0.3) is 0 Å². The number of aliphatic hydroxyl groups is 1. The Bertz CT molecular complexity index is 1150. The summed E-state index contributed by atoms with van der Waals surface area (Å²) in [4.78, 5) is 38.8. The molecule has 0 radical (unpaired) electrons. The number of carbonyl (C=O) groups is 3. The van der Waals surface area contributed by atoms with E-state index >= 15 is 8.78 Å². The van der Waals surface area contributed by atoms with Crippen LogP contribution in [0.2, 0.25) is 0 Å². The van der Waals surface area contributed by atoms with Crippen LogP contribution < -0.4 is 0 Å². The predicted molar refractivity (Wildman–Crippen MR) is 137 cm³/mol. The second-order valence-electron chi connectivity index (χ2n) is 13.0. The molecule has 0 aromatic rings. The predicted octanol–water partition coefficient (Wildman–Crippen LogP) is 5.84. The normalized spacial score (nSPS) is 43.5. The van der Waals surface area contributed by atoms with Gasteiger partial charge in [0.05, 0.1) is 6.10 Å². The molecule has 0 heterocycles.